The van der Waals surface area contributed by atoms with E-state index < -0.39 is 0 Å². The molecule has 5 nitrogen and oxygen atoms in total. The van der Waals surface area contributed by atoms with Crippen LogP contribution in [0.25, 0.3) is 0 Å². The Bertz CT molecular complexity index is 421. The second-order valence-electron chi connectivity index (χ2n) is 4.86. The molecular weight excluding hydrogens is 216 g/mol. The highest BCUT2D eigenvalue weighted by molar-refractivity contribution is 5.34. The fraction of sp³-hybridized carbons (Fsp3) is 0.667. The molecule has 0 aromatic carbocycles. The van der Waals surface area contributed by atoms with Crippen molar-refractivity contribution in [2.75, 3.05) is 32.1 Å². The van der Waals surface area contributed by atoms with Crippen LogP contribution < -0.4 is 15.8 Å². The molecule has 1 fully saturated rings. The number of piperidine rings is 1. The molecule has 1 aromatic rings. The summed E-state index contributed by atoms with van der Waals surface area (Å²) in [5.74, 6) is 2.12. The Kier molecular flexibility index (Phi) is 3.78. The molecule has 1 unspecified atom stereocenters. The van der Waals surface area contributed by atoms with E-state index in [1.165, 1.54) is 18.9 Å². The lowest BCUT2D eigenvalue weighted by Gasteiger charge is -2.22. The van der Waals surface area contributed by atoms with Gasteiger partial charge in [-0.3, -0.25) is 4.79 Å². The number of nitrogens with zero attached hydrogens (tertiary/aromatic N) is 2. The van der Waals surface area contributed by atoms with Crippen LogP contribution in [0.3, 0.4) is 0 Å². The van der Waals surface area contributed by atoms with Gasteiger partial charge in [0.2, 0.25) is 0 Å². The van der Waals surface area contributed by atoms with Crippen molar-refractivity contribution in [2.24, 2.45) is 5.92 Å². The van der Waals surface area contributed by atoms with Gasteiger partial charge in [-0.25, -0.2) is 4.98 Å². The lowest BCUT2D eigenvalue weighted by atomic mass is 9.96. The van der Waals surface area contributed by atoms with Crippen LogP contribution in [0.4, 0.5) is 5.82 Å². The van der Waals surface area contributed by atoms with Gasteiger partial charge >= 0.3 is 0 Å². The number of H-pyrrole nitrogens is 1. The number of anilines is 1. The molecule has 1 atom stereocenters. The number of aromatic nitrogens is 2. The molecule has 17 heavy (non-hydrogen) atoms. The van der Waals surface area contributed by atoms with Crippen molar-refractivity contribution < 1.29 is 0 Å². The Morgan fingerprint density at radius 2 is 2.35 bits per heavy atom. The summed E-state index contributed by atoms with van der Waals surface area (Å²) >= 11 is 0. The first-order chi connectivity index (χ1) is 8.15. The molecule has 0 radical (unpaired) electrons. The highest BCUT2D eigenvalue weighted by Crippen LogP contribution is 2.14. The van der Waals surface area contributed by atoms with Crippen molar-refractivity contribution in [1.82, 2.24) is 15.3 Å². The zero-order valence-electron chi connectivity index (χ0n) is 10.5. The van der Waals surface area contributed by atoms with Crippen LogP contribution in [0.15, 0.2) is 10.9 Å². The van der Waals surface area contributed by atoms with Gasteiger partial charge < -0.3 is 15.2 Å². The van der Waals surface area contributed by atoms with Crippen LogP contribution in [0, 0.1) is 5.92 Å². The predicted octanol–water partition coefficient (Wildman–Crippen LogP) is 0.378. The van der Waals surface area contributed by atoms with Gasteiger partial charge in [-0.15, -0.1) is 0 Å². The van der Waals surface area contributed by atoms with Crippen molar-refractivity contribution in [3.63, 3.8) is 0 Å². The lowest BCUT2D eigenvalue weighted by molar-refractivity contribution is 0.370. The molecule has 0 amide bonds. The Hall–Kier alpha value is -1.36. The van der Waals surface area contributed by atoms with E-state index in [9.17, 15) is 4.79 Å². The van der Waals surface area contributed by atoms with E-state index >= 15 is 0 Å². The summed E-state index contributed by atoms with van der Waals surface area (Å²) in [6, 6.07) is 1.53. The van der Waals surface area contributed by atoms with Crippen molar-refractivity contribution in [2.45, 2.75) is 19.3 Å². The summed E-state index contributed by atoms with van der Waals surface area (Å²) in [6.07, 6.45) is 3.27. The summed E-state index contributed by atoms with van der Waals surface area (Å²) in [7, 11) is 3.79. The third-order valence-electron chi connectivity index (χ3n) is 3.12. The first-order valence-electron chi connectivity index (χ1n) is 6.13. The normalized spacial score (nSPS) is 20.2. The Labute approximate surface area is 101 Å². The molecule has 0 spiro atoms. The van der Waals surface area contributed by atoms with Crippen LogP contribution >= 0.6 is 0 Å². The first kappa shape index (κ1) is 12.1. The summed E-state index contributed by atoms with van der Waals surface area (Å²) in [5, 5.41) is 3.38. The Morgan fingerprint density at radius 1 is 1.53 bits per heavy atom. The summed E-state index contributed by atoms with van der Waals surface area (Å²) in [6.45, 7) is 2.13. The van der Waals surface area contributed by atoms with E-state index in [2.05, 4.69) is 15.3 Å². The van der Waals surface area contributed by atoms with Gasteiger partial charge in [0.05, 0.1) is 0 Å². The third kappa shape index (κ3) is 3.30. The first-order valence-corrected chi connectivity index (χ1v) is 6.13. The molecule has 5 heteroatoms. The van der Waals surface area contributed by atoms with Crippen LogP contribution in [0.1, 0.15) is 18.7 Å². The standard InChI is InChI=1S/C12H20N4O/c1-16(2)11-7-12(17)15-10(14-11)6-9-4-3-5-13-8-9/h7,9,13H,3-6,8H2,1-2H3,(H,14,15,17). The van der Waals surface area contributed by atoms with E-state index in [1.807, 2.05) is 19.0 Å². The monoisotopic (exact) mass is 236 g/mol. The minimum absolute atomic E-state index is 0.0672. The van der Waals surface area contributed by atoms with Crippen molar-refractivity contribution in [1.29, 1.82) is 0 Å². The molecule has 1 aliphatic rings. The average molecular weight is 236 g/mol. The van der Waals surface area contributed by atoms with Crippen LogP contribution in [-0.2, 0) is 6.42 Å². The van der Waals surface area contributed by atoms with Gasteiger partial charge in [0, 0.05) is 26.6 Å². The highest BCUT2D eigenvalue weighted by Gasteiger charge is 2.15. The lowest BCUT2D eigenvalue weighted by Crippen LogP contribution is -2.31. The van der Waals surface area contributed by atoms with E-state index in [-0.39, 0.29) is 5.56 Å². The SMILES string of the molecule is CN(C)c1cc(=O)[nH]c(CC2CCCNC2)n1. The minimum Gasteiger partial charge on any atom is -0.363 e. The van der Waals surface area contributed by atoms with Gasteiger partial charge in [0.15, 0.2) is 0 Å². The molecule has 0 bridgehead atoms. The maximum absolute atomic E-state index is 11.5. The number of nitrogens with one attached hydrogen (secondary N) is 2. The quantitative estimate of drug-likeness (QED) is 0.796. The molecule has 2 rings (SSSR count). The van der Waals surface area contributed by atoms with Crippen LogP contribution in [-0.4, -0.2) is 37.2 Å². The van der Waals surface area contributed by atoms with Gasteiger partial charge in [0.25, 0.3) is 5.56 Å². The summed E-state index contributed by atoms with van der Waals surface area (Å²) in [5.41, 5.74) is -0.0672. The van der Waals surface area contributed by atoms with Gasteiger partial charge in [-0.2, -0.15) is 0 Å². The highest BCUT2D eigenvalue weighted by atomic mass is 16.1. The maximum atomic E-state index is 11.5. The molecule has 94 valence electrons. The zero-order chi connectivity index (χ0) is 12.3. The van der Waals surface area contributed by atoms with Gasteiger partial charge in [-0.05, 0) is 31.8 Å². The van der Waals surface area contributed by atoms with E-state index in [0.29, 0.717) is 5.92 Å². The maximum Gasteiger partial charge on any atom is 0.252 e. The van der Waals surface area contributed by atoms with Crippen molar-refractivity contribution in [3.05, 3.63) is 22.2 Å². The predicted molar refractivity (Wildman–Crippen MR) is 68.5 cm³/mol. The van der Waals surface area contributed by atoms with Crippen molar-refractivity contribution >= 4 is 5.82 Å². The largest absolute Gasteiger partial charge is 0.363 e. The average Bonchev–Trinajstić information content (AvgIpc) is 2.29. The number of hydrogen-bond acceptors (Lipinski definition) is 4. The molecule has 0 saturated carbocycles. The van der Waals surface area contributed by atoms with Crippen molar-refractivity contribution in [3.8, 4) is 0 Å². The van der Waals surface area contributed by atoms with Crippen LogP contribution in [0.2, 0.25) is 0 Å². The molecule has 0 aliphatic carbocycles. The van der Waals surface area contributed by atoms with E-state index in [1.54, 1.807) is 0 Å². The van der Waals surface area contributed by atoms with E-state index in [0.717, 1.165) is 31.2 Å². The second kappa shape index (κ2) is 5.31. The van der Waals surface area contributed by atoms with Gasteiger partial charge in [-0.1, -0.05) is 0 Å². The Morgan fingerprint density at radius 3 is 3.00 bits per heavy atom. The van der Waals surface area contributed by atoms with Crippen LogP contribution in [0.5, 0.6) is 0 Å². The van der Waals surface area contributed by atoms with Gasteiger partial charge in [0.1, 0.15) is 11.6 Å². The zero-order valence-corrected chi connectivity index (χ0v) is 10.5. The number of aromatic amines is 1. The number of rotatable bonds is 3. The van der Waals surface area contributed by atoms with E-state index in [4.69, 9.17) is 0 Å². The molecule has 1 aliphatic heterocycles. The molecule has 1 aromatic heterocycles. The topological polar surface area (TPSA) is 61.0 Å². The minimum atomic E-state index is -0.0672. The second-order valence-corrected chi connectivity index (χ2v) is 4.86. The summed E-state index contributed by atoms with van der Waals surface area (Å²) in [4.78, 5) is 20.7. The molecule has 2 N–H and O–H groups in total. The molecule has 1 saturated heterocycles. The fourth-order valence-electron chi connectivity index (χ4n) is 2.19. The smallest absolute Gasteiger partial charge is 0.252 e. The Balaban J connectivity index is 2.11. The number of hydrogen-bond donors (Lipinski definition) is 2. The third-order valence-corrected chi connectivity index (χ3v) is 3.12. The summed E-state index contributed by atoms with van der Waals surface area (Å²) < 4.78 is 0. The molecule has 2 heterocycles. The fourth-order valence-corrected chi connectivity index (χ4v) is 2.19. The molecular formula is C12H20N4O.